The molecular weight excluding hydrogens is 340 g/mol. The molecule has 1 unspecified atom stereocenters. The van der Waals surface area contributed by atoms with Crippen molar-refractivity contribution in [2.75, 3.05) is 11.9 Å². The lowest BCUT2D eigenvalue weighted by molar-refractivity contribution is -0.929. The number of carbonyl (C=O) groups excluding carboxylic acids is 1. The Morgan fingerprint density at radius 3 is 2.55 bits per heavy atom. The van der Waals surface area contributed by atoms with Crippen molar-refractivity contribution in [2.45, 2.75) is 25.9 Å². The van der Waals surface area contributed by atoms with Gasteiger partial charge in [0.05, 0.1) is 6.54 Å². The number of halogens is 1. The van der Waals surface area contributed by atoms with E-state index in [1.165, 1.54) is 16.0 Å². The molecule has 2 N–H and O–H groups in total. The van der Waals surface area contributed by atoms with E-state index in [2.05, 4.69) is 45.5 Å². The first kappa shape index (κ1) is 15.3. The zero-order valence-corrected chi connectivity index (χ0v) is 14.2. The quantitative estimate of drug-likeness (QED) is 0.866. The molecule has 1 aliphatic rings. The normalized spacial score (nSPS) is 18.4. The Bertz CT molecular complexity index is 669. The van der Waals surface area contributed by atoms with E-state index in [1.54, 1.807) is 0 Å². The molecule has 3 rings (SSSR count). The Hall–Kier alpha value is -1.65. The molecule has 2 aromatic rings. The molecule has 2 atom stereocenters. The van der Waals surface area contributed by atoms with Crippen molar-refractivity contribution < 1.29 is 9.69 Å². The summed E-state index contributed by atoms with van der Waals surface area (Å²) in [6.45, 7) is 3.94. The fourth-order valence-corrected chi connectivity index (χ4v) is 3.21. The van der Waals surface area contributed by atoms with Gasteiger partial charge in [-0.2, -0.15) is 0 Å². The maximum Gasteiger partial charge on any atom is 0.282 e. The summed E-state index contributed by atoms with van der Waals surface area (Å²) in [6.07, 6.45) is 1.04. The highest BCUT2D eigenvalue weighted by atomic mass is 79.9. The van der Waals surface area contributed by atoms with Crippen molar-refractivity contribution >= 4 is 27.5 Å². The Kier molecular flexibility index (Phi) is 4.60. The lowest BCUT2D eigenvalue weighted by Crippen LogP contribution is -3.16. The van der Waals surface area contributed by atoms with Gasteiger partial charge in [-0.25, -0.2) is 0 Å². The molecule has 2 aromatic carbocycles. The van der Waals surface area contributed by atoms with Crippen LogP contribution in [0.3, 0.4) is 0 Å². The van der Waals surface area contributed by atoms with Gasteiger partial charge in [0.25, 0.3) is 5.91 Å². The molecule has 0 radical (unpaired) electrons. The largest absolute Gasteiger partial charge is 0.321 e. The van der Waals surface area contributed by atoms with E-state index in [-0.39, 0.29) is 11.9 Å². The van der Waals surface area contributed by atoms with E-state index >= 15 is 0 Å². The zero-order chi connectivity index (χ0) is 15.5. The highest BCUT2D eigenvalue weighted by Gasteiger charge is 2.28. The lowest BCUT2D eigenvalue weighted by atomic mass is 9.99. The lowest BCUT2D eigenvalue weighted by Gasteiger charge is -2.30. The van der Waals surface area contributed by atoms with Crippen LogP contribution in [0.4, 0.5) is 5.69 Å². The van der Waals surface area contributed by atoms with Crippen molar-refractivity contribution in [2.24, 2.45) is 0 Å². The second-order valence-corrected chi connectivity index (χ2v) is 6.74. The average Bonchev–Trinajstić information content (AvgIpc) is 2.55. The minimum Gasteiger partial charge on any atom is -0.321 e. The summed E-state index contributed by atoms with van der Waals surface area (Å²) in [5.41, 5.74) is 3.63. The van der Waals surface area contributed by atoms with Gasteiger partial charge >= 0.3 is 0 Å². The van der Waals surface area contributed by atoms with Gasteiger partial charge in [0.15, 0.2) is 6.04 Å². The van der Waals surface area contributed by atoms with E-state index in [0.717, 1.165) is 29.7 Å². The predicted molar refractivity (Wildman–Crippen MR) is 91.9 cm³/mol. The number of quaternary nitrogens is 1. The Morgan fingerprint density at radius 1 is 1.14 bits per heavy atom. The fourth-order valence-electron chi connectivity index (χ4n) is 2.94. The number of hydrogen-bond acceptors (Lipinski definition) is 1. The maximum absolute atomic E-state index is 12.5. The van der Waals surface area contributed by atoms with Crippen molar-refractivity contribution in [3.63, 3.8) is 0 Å². The second kappa shape index (κ2) is 6.63. The summed E-state index contributed by atoms with van der Waals surface area (Å²) in [7, 11) is 0. The van der Waals surface area contributed by atoms with Gasteiger partial charge in [-0.15, -0.1) is 0 Å². The zero-order valence-electron chi connectivity index (χ0n) is 12.6. The molecule has 4 heteroatoms. The average molecular weight is 360 g/mol. The number of rotatable bonds is 3. The van der Waals surface area contributed by atoms with Crippen LogP contribution < -0.4 is 10.2 Å². The molecule has 0 saturated heterocycles. The van der Waals surface area contributed by atoms with E-state index in [4.69, 9.17) is 0 Å². The van der Waals surface area contributed by atoms with Gasteiger partial charge < -0.3 is 10.2 Å². The smallest absolute Gasteiger partial charge is 0.282 e. The number of benzene rings is 2. The number of nitrogens with one attached hydrogen (secondary N) is 2. The van der Waals surface area contributed by atoms with Crippen molar-refractivity contribution in [3.05, 3.63) is 64.1 Å². The van der Waals surface area contributed by atoms with Crippen LogP contribution in [0.5, 0.6) is 0 Å². The first-order valence-electron chi connectivity index (χ1n) is 7.61. The van der Waals surface area contributed by atoms with Crippen LogP contribution in [-0.4, -0.2) is 18.5 Å². The van der Waals surface area contributed by atoms with Crippen LogP contribution in [-0.2, 0) is 17.8 Å². The maximum atomic E-state index is 12.5. The van der Waals surface area contributed by atoms with E-state index in [0.29, 0.717) is 0 Å². The molecule has 0 aliphatic carbocycles. The van der Waals surface area contributed by atoms with Gasteiger partial charge in [-0.3, -0.25) is 4.79 Å². The molecule has 114 valence electrons. The topological polar surface area (TPSA) is 33.5 Å². The van der Waals surface area contributed by atoms with Crippen LogP contribution in [0.1, 0.15) is 18.1 Å². The van der Waals surface area contributed by atoms with E-state index in [1.807, 2.05) is 31.2 Å². The van der Waals surface area contributed by atoms with E-state index in [9.17, 15) is 4.79 Å². The molecule has 1 heterocycles. The molecule has 0 bridgehead atoms. The molecule has 22 heavy (non-hydrogen) atoms. The summed E-state index contributed by atoms with van der Waals surface area (Å²) >= 11 is 3.40. The molecular formula is C18H20BrN2O+. The minimum atomic E-state index is -0.0583. The fraction of sp³-hybridized carbons (Fsp3) is 0.278. The molecule has 3 nitrogen and oxygen atoms in total. The third kappa shape index (κ3) is 3.39. The van der Waals surface area contributed by atoms with Crippen LogP contribution >= 0.6 is 15.9 Å². The van der Waals surface area contributed by atoms with Gasteiger partial charge in [0.1, 0.15) is 6.54 Å². The monoisotopic (exact) mass is 359 g/mol. The van der Waals surface area contributed by atoms with Gasteiger partial charge in [-0.05, 0) is 36.8 Å². The summed E-state index contributed by atoms with van der Waals surface area (Å²) in [6, 6.07) is 16.2. The highest BCUT2D eigenvalue weighted by molar-refractivity contribution is 9.10. The van der Waals surface area contributed by atoms with E-state index < -0.39 is 0 Å². The standard InChI is InChI=1S/C18H19BrN2O/c1-13(18(22)20-17-8-6-16(19)7-9-17)21-11-10-14-4-2-3-5-15(14)12-21/h2-9,13H,10-12H2,1H3,(H,20,22)/p+1/t13-/m1/s1. The number of anilines is 1. The molecule has 1 aliphatic heterocycles. The number of carbonyl (C=O) groups is 1. The summed E-state index contributed by atoms with van der Waals surface area (Å²) in [5, 5.41) is 3.01. The first-order chi connectivity index (χ1) is 10.6. The van der Waals surface area contributed by atoms with Crippen LogP contribution in [0, 0.1) is 0 Å². The van der Waals surface area contributed by atoms with Crippen molar-refractivity contribution in [1.29, 1.82) is 0 Å². The van der Waals surface area contributed by atoms with Gasteiger partial charge in [0.2, 0.25) is 0 Å². The van der Waals surface area contributed by atoms with Crippen LogP contribution in [0.2, 0.25) is 0 Å². The van der Waals surface area contributed by atoms with Gasteiger partial charge in [-0.1, -0.05) is 40.2 Å². The first-order valence-corrected chi connectivity index (χ1v) is 8.40. The third-order valence-electron chi connectivity index (χ3n) is 4.37. The van der Waals surface area contributed by atoms with Crippen LogP contribution in [0.25, 0.3) is 0 Å². The molecule has 0 spiro atoms. The molecule has 0 saturated carbocycles. The summed E-state index contributed by atoms with van der Waals surface area (Å²) in [4.78, 5) is 13.8. The highest BCUT2D eigenvalue weighted by Crippen LogP contribution is 2.14. The number of amides is 1. The molecule has 1 amide bonds. The minimum absolute atomic E-state index is 0.0583. The van der Waals surface area contributed by atoms with Crippen LogP contribution in [0.15, 0.2) is 53.0 Å². The van der Waals surface area contributed by atoms with Crippen molar-refractivity contribution in [1.82, 2.24) is 0 Å². The molecule has 0 fully saturated rings. The molecule has 0 aromatic heterocycles. The third-order valence-corrected chi connectivity index (χ3v) is 4.90. The second-order valence-electron chi connectivity index (χ2n) is 5.82. The predicted octanol–water partition coefficient (Wildman–Crippen LogP) is 2.42. The number of fused-ring (bicyclic) bond motifs is 1. The number of hydrogen-bond donors (Lipinski definition) is 2. The summed E-state index contributed by atoms with van der Waals surface area (Å²) < 4.78 is 1.01. The van der Waals surface area contributed by atoms with Crippen molar-refractivity contribution in [3.8, 4) is 0 Å². The SMILES string of the molecule is C[C@H](C(=O)Nc1ccc(Br)cc1)[NH+]1CCc2ccccc2C1. The Balaban J connectivity index is 1.65. The summed E-state index contributed by atoms with van der Waals surface area (Å²) in [5.74, 6) is 0.0803. The Labute approximate surface area is 139 Å². The Morgan fingerprint density at radius 2 is 1.82 bits per heavy atom. The van der Waals surface area contributed by atoms with Gasteiger partial charge in [0, 0.05) is 22.1 Å².